The summed E-state index contributed by atoms with van der Waals surface area (Å²) in [5.74, 6) is 2.17. The summed E-state index contributed by atoms with van der Waals surface area (Å²) in [6.45, 7) is 2.78. The van der Waals surface area contributed by atoms with E-state index in [1.807, 2.05) is 48.3 Å². The molecule has 32 heavy (non-hydrogen) atoms. The highest BCUT2D eigenvalue weighted by molar-refractivity contribution is 5.86. The van der Waals surface area contributed by atoms with E-state index in [1.54, 1.807) is 13.3 Å². The van der Waals surface area contributed by atoms with Crippen molar-refractivity contribution in [3.05, 3.63) is 66.1 Å². The van der Waals surface area contributed by atoms with Gasteiger partial charge < -0.3 is 20.4 Å². The molecule has 162 valence electrons. The molecule has 0 amide bonds. The number of aromatic amines is 1. The van der Waals surface area contributed by atoms with E-state index in [0.29, 0.717) is 12.5 Å². The molecule has 5 rings (SSSR count). The van der Waals surface area contributed by atoms with Crippen LogP contribution in [0.15, 0.2) is 54.9 Å². The number of hydrogen-bond acceptors (Lipinski definition) is 6. The first-order valence-electron chi connectivity index (χ1n) is 10.5. The van der Waals surface area contributed by atoms with Crippen molar-refractivity contribution >= 4 is 39.3 Å². The molecule has 5 aromatic rings. The van der Waals surface area contributed by atoms with E-state index in [1.165, 1.54) is 10.9 Å². The van der Waals surface area contributed by atoms with Gasteiger partial charge in [-0.1, -0.05) is 0 Å². The molecule has 3 aromatic heterocycles. The summed E-state index contributed by atoms with van der Waals surface area (Å²) < 4.78 is 7.25. The predicted octanol–water partition coefficient (Wildman–Crippen LogP) is 4.56. The number of nitrogens with one attached hydrogen (secondary N) is 3. The van der Waals surface area contributed by atoms with E-state index >= 15 is 0 Å². The zero-order valence-corrected chi connectivity index (χ0v) is 18.3. The fourth-order valence-corrected chi connectivity index (χ4v) is 3.87. The molecule has 0 atom stereocenters. The molecule has 0 unspecified atom stereocenters. The van der Waals surface area contributed by atoms with Gasteiger partial charge in [0, 0.05) is 53.7 Å². The van der Waals surface area contributed by atoms with Gasteiger partial charge in [-0.2, -0.15) is 10.1 Å². The summed E-state index contributed by atoms with van der Waals surface area (Å²) >= 11 is 0. The zero-order chi connectivity index (χ0) is 22.1. The monoisotopic (exact) mass is 427 g/mol. The third-order valence-electron chi connectivity index (χ3n) is 5.71. The summed E-state index contributed by atoms with van der Waals surface area (Å²) in [5.41, 5.74) is 5.36. The number of methoxy groups -OCH3 is 1. The van der Waals surface area contributed by atoms with Gasteiger partial charge in [-0.25, -0.2) is 4.98 Å². The van der Waals surface area contributed by atoms with Crippen molar-refractivity contribution in [2.75, 3.05) is 24.3 Å². The molecule has 0 bridgehead atoms. The van der Waals surface area contributed by atoms with Crippen LogP contribution in [0.2, 0.25) is 0 Å². The summed E-state index contributed by atoms with van der Waals surface area (Å²) in [7, 11) is 3.64. The minimum atomic E-state index is 0.585. The standard InChI is InChI=1S/C24H25N7O/c1-15-19-6-4-17(12-22(19)30-31(15)2)28-23-9-11-26-24(29-23)25-10-8-16-14-27-21-7-5-18(32-3)13-20(16)21/h4-7,9,11-14,27H,8,10H2,1-3H3,(H2,25,26,28,29). The summed E-state index contributed by atoms with van der Waals surface area (Å²) in [4.78, 5) is 12.3. The second-order valence-corrected chi connectivity index (χ2v) is 7.73. The highest BCUT2D eigenvalue weighted by Crippen LogP contribution is 2.25. The van der Waals surface area contributed by atoms with Crippen molar-refractivity contribution in [1.29, 1.82) is 0 Å². The first-order valence-corrected chi connectivity index (χ1v) is 10.5. The van der Waals surface area contributed by atoms with Gasteiger partial charge in [-0.15, -0.1) is 0 Å². The van der Waals surface area contributed by atoms with Crippen LogP contribution in [-0.4, -0.2) is 38.4 Å². The molecule has 2 aromatic carbocycles. The lowest BCUT2D eigenvalue weighted by Crippen LogP contribution is -2.08. The number of aryl methyl sites for hydroxylation is 2. The molecule has 3 heterocycles. The third kappa shape index (κ3) is 3.82. The molecule has 0 aliphatic heterocycles. The number of rotatable bonds is 7. The lowest BCUT2D eigenvalue weighted by atomic mass is 10.1. The van der Waals surface area contributed by atoms with Gasteiger partial charge in [0.2, 0.25) is 5.95 Å². The molecular formula is C24H25N7O. The second-order valence-electron chi connectivity index (χ2n) is 7.73. The van der Waals surface area contributed by atoms with Crippen molar-refractivity contribution in [1.82, 2.24) is 24.7 Å². The van der Waals surface area contributed by atoms with E-state index in [-0.39, 0.29) is 0 Å². The Balaban J connectivity index is 1.26. The number of hydrogen-bond donors (Lipinski definition) is 3. The van der Waals surface area contributed by atoms with E-state index in [9.17, 15) is 0 Å². The van der Waals surface area contributed by atoms with Gasteiger partial charge in [-0.3, -0.25) is 4.68 Å². The number of H-pyrrole nitrogens is 1. The molecule has 0 fully saturated rings. The molecule has 0 saturated heterocycles. The fraction of sp³-hybridized carbons (Fsp3) is 0.208. The van der Waals surface area contributed by atoms with E-state index in [2.05, 4.69) is 49.7 Å². The average Bonchev–Trinajstić information content (AvgIpc) is 3.33. The number of nitrogens with zero attached hydrogens (tertiary/aromatic N) is 4. The minimum Gasteiger partial charge on any atom is -0.497 e. The first-order chi connectivity index (χ1) is 15.6. The number of fused-ring (bicyclic) bond motifs is 2. The van der Waals surface area contributed by atoms with E-state index < -0.39 is 0 Å². The molecular weight excluding hydrogens is 402 g/mol. The van der Waals surface area contributed by atoms with Crippen LogP contribution in [0.1, 0.15) is 11.3 Å². The van der Waals surface area contributed by atoms with Crippen LogP contribution in [0.5, 0.6) is 5.75 Å². The number of anilines is 3. The van der Waals surface area contributed by atoms with Crippen molar-refractivity contribution < 1.29 is 4.74 Å². The molecule has 8 heteroatoms. The smallest absolute Gasteiger partial charge is 0.224 e. The minimum absolute atomic E-state index is 0.585. The molecule has 3 N–H and O–H groups in total. The van der Waals surface area contributed by atoms with Crippen LogP contribution < -0.4 is 15.4 Å². The zero-order valence-electron chi connectivity index (χ0n) is 18.3. The second kappa shape index (κ2) is 8.22. The highest BCUT2D eigenvalue weighted by Gasteiger charge is 2.08. The molecule has 0 aliphatic rings. The average molecular weight is 428 g/mol. The highest BCUT2D eigenvalue weighted by atomic mass is 16.5. The van der Waals surface area contributed by atoms with Gasteiger partial charge in [0.1, 0.15) is 11.6 Å². The lowest BCUT2D eigenvalue weighted by Gasteiger charge is -2.08. The quantitative estimate of drug-likeness (QED) is 0.353. The Morgan fingerprint density at radius 3 is 2.88 bits per heavy atom. The van der Waals surface area contributed by atoms with E-state index in [0.717, 1.165) is 45.8 Å². The van der Waals surface area contributed by atoms with Gasteiger partial charge >= 0.3 is 0 Å². The molecule has 0 saturated carbocycles. The lowest BCUT2D eigenvalue weighted by molar-refractivity contribution is 0.415. The maximum absolute atomic E-state index is 5.35. The van der Waals surface area contributed by atoms with Gasteiger partial charge in [0.15, 0.2) is 0 Å². The van der Waals surface area contributed by atoms with Gasteiger partial charge in [0.05, 0.1) is 12.6 Å². The van der Waals surface area contributed by atoms with Crippen LogP contribution >= 0.6 is 0 Å². The number of ether oxygens (including phenoxy) is 1. The Hall–Kier alpha value is -4.07. The Kier molecular flexibility index (Phi) is 5.10. The van der Waals surface area contributed by atoms with Crippen molar-refractivity contribution in [2.24, 2.45) is 7.05 Å². The summed E-state index contributed by atoms with van der Waals surface area (Å²) in [5, 5.41) is 13.5. The van der Waals surface area contributed by atoms with E-state index in [4.69, 9.17) is 4.74 Å². The van der Waals surface area contributed by atoms with Crippen molar-refractivity contribution in [2.45, 2.75) is 13.3 Å². The first kappa shape index (κ1) is 19.9. The Morgan fingerprint density at radius 1 is 1.09 bits per heavy atom. The normalized spacial score (nSPS) is 11.2. The van der Waals surface area contributed by atoms with Crippen LogP contribution in [0.4, 0.5) is 17.5 Å². The Bertz CT molecular complexity index is 1400. The van der Waals surface area contributed by atoms with Gasteiger partial charge in [0.25, 0.3) is 0 Å². The van der Waals surface area contributed by atoms with Crippen LogP contribution in [0.3, 0.4) is 0 Å². The van der Waals surface area contributed by atoms with Crippen LogP contribution in [0.25, 0.3) is 21.8 Å². The molecule has 0 spiro atoms. The summed E-state index contributed by atoms with van der Waals surface area (Å²) in [6.07, 6.45) is 4.63. The van der Waals surface area contributed by atoms with Crippen molar-refractivity contribution in [3.8, 4) is 5.75 Å². The topological polar surface area (TPSA) is 92.7 Å². The SMILES string of the molecule is COc1ccc2[nH]cc(CCNc3nccc(Nc4ccc5c(C)n(C)nc5c4)n3)c2c1. The fourth-order valence-electron chi connectivity index (χ4n) is 3.87. The largest absolute Gasteiger partial charge is 0.497 e. The van der Waals surface area contributed by atoms with Crippen LogP contribution in [-0.2, 0) is 13.5 Å². The number of benzene rings is 2. The molecule has 0 aliphatic carbocycles. The Labute approximate surface area is 185 Å². The van der Waals surface area contributed by atoms with Gasteiger partial charge in [-0.05, 0) is 61.4 Å². The third-order valence-corrected chi connectivity index (χ3v) is 5.71. The maximum Gasteiger partial charge on any atom is 0.224 e. The molecule has 0 radical (unpaired) electrons. The maximum atomic E-state index is 5.35. The summed E-state index contributed by atoms with van der Waals surface area (Å²) in [6, 6.07) is 14.1. The molecule has 8 nitrogen and oxygen atoms in total. The Morgan fingerprint density at radius 2 is 2.00 bits per heavy atom. The number of aromatic nitrogens is 5. The van der Waals surface area contributed by atoms with Crippen LogP contribution in [0, 0.1) is 6.92 Å². The van der Waals surface area contributed by atoms with Crippen molar-refractivity contribution in [3.63, 3.8) is 0 Å². The predicted molar refractivity (Wildman–Crippen MR) is 128 cm³/mol.